The molecule has 0 aliphatic carbocycles. The molecule has 3 rings (SSSR count). The number of amides is 1. The fourth-order valence-electron chi connectivity index (χ4n) is 2.71. The monoisotopic (exact) mass is 397 g/mol. The van der Waals surface area contributed by atoms with Crippen molar-refractivity contribution < 1.29 is 9.90 Å². The molecule has 0 bridgehead atoms. The molecule has 2 aromatic carbocycles. The highest BCUT2D eigenvalue weighted by Crippen LogP contribution is 2.13. The highest BCUT2D eigenvalue weighted by Gasteiger charge is 2.09. The molecular weight excluding hydrogens is 374 g/mol. The van der Waals surface area contributed by atoms with Gasteiger partial charge in [-0.05, 0) is 36.2 Å². The first-order chi connectivity index (χ1) is 13.6. The molecule has 146 valence electrons. The van der Waals surface area contributed by atoms with Gasteiger partial charge < -0.3 is 21.5 Å². The maximum atomic E-state index is 12.0. The maximum absolute atomic E-state index is 12.0. The second-order valence-corrected chi connectivity index (χ2v) is 7.13. The number of carbonyl (C=O) groups is 1. The molecule has 0 aliphatic heterocycles. The van der Waals surface area contributed by atoms with Crippen LogP contribution in [0.1, 0.15) is 23.1 Å². The fourth-order valence-corrected chi connectivity index (χ4v) is 3.16. The number of rotatable bonds is 9. The molecule has 0 aliphatic rings. The first kappa shape index (κ1) is 19.9. The van der Waals surface area contributed by atoms with Gasteiger partial charge in [-0.25, -0.2) is 4.98 Å². The maximum Gasteiger partial charge on any atom is 0.232 e. The number of nitrogen functional groups attached to an aromatic ring is 1. The number of anilines is 2. The number of benzene rings is 2. The van der Waals surface area contributed by atoms with Crippen LogP contribution in [0.25, 0.3) is 0 Å². The largest absolute Gasteiger partial charge is 0.387 e. The van der Waals surface area contributed by atoms with E-state index in [4.69, 9.17) is 5.73 Å². The van der Waals surface area contributed by atoms with E-state index in [-0.39, 0.29) is 12.3 Å². The first-order valence-corrected chi connectivity index (χ1v) is 9.78. The third kappa shape index (κ3) is 6.12. The summed E-state index contributed by atoms with van der Waals surface area (Å²) in [4.78, 5) is 16.0. The number of aliphatic hydroxyl groups excluding tert-OH is 1. The topological polar surface area (TPSA) is 113 Å². The summed E-state index contributed by atoms with van der Waals surface area (Å²) in [5.41, 5.74) is 8.29. The van der Waals surface area contributed by atoms with Gasteiger partial charge in [-0.3, -0.25) is 4.79 Å². The minimum atomic E-state index is -0.513. The van der Waals surface area contributed by atoms with Crippen LogP contribution in [-0.4, -0.2) is 33.5 Å². The van der Waals surface area contributed by atoms with Crippen molar-refractivity contribution in [2.24, 2.45) is 0 Å². The zero-order chi connectivity index (χ0) is 19.8. The summed E-state index contributed by atoms with van der Waals surface area (Å²) >= 11 is 1.08. The lowest BCUT2D eigenvalue weighted by Crippen LogP contribution is -2.23. The molecule has 1 heterocycles. The highest BCUT2D eigenvalue weighted by atomic mass is 32.1. The molecule has 0 saturated heterocycles. The number of carbonyl (C=O) groups excluding carboxylic acids is 1. The van der Waals surface area contributed by atoms with Crippen LogP contribution >= 0.6 is 11.5 Å². The van der Waals surface area contributed by atoms with Crippen LogP contribution in [0.2, 0.25) is 0 Å². The molecule has 0 saturated carbocycles. The molecule has 1 amide bonds. The van der Waals surface area contributed by atoms with Gasteiger partial charge in [-0.1, -0.05) is 42.5 Å². The Bertz CT molecular complexity index is 883. The van der Waals surface area contributed by atoms with Gasteiger partial charge in [0.2, 0.25) is 5.91 Å². The molecular formula is C20H23N5O2S. The Morgan fingerprint density at radius 3 is 2.57 bits per heavy atom. The summed E-state index contributed by atoms with van der Waals surface area (Å²) in [7, 11) is 0. The van der Waals surface area contributed by atoms with Gasteiger partial charge in [-0.2, -0.15) is 4.37 Å². The predicted molar refractivity (Wildman–Crippen MR) is 111 cm³/mol. The summed E-state index contributed by atoms with van der Waals surface area (Å²) in [6.45, 7) is 1.26. The van der Waals surface area contributed by atoms with Crippen molar-refractivity contribution in [2.45, 2.75) is 18.9 Å². The molecule has 3 aromatic rings. The van der Waals surface area contributed by atoms with Gasteiger partial charge in [-0.15, -0.1) is 0 Å². The SMILES string of the molecule is Nc1nc(CC(=O)Nc2ccc(CCNCC(O)c3ccccc3)cc2)ns1. The van der Waals surface area contributed by atoms with E-state index in [9.17, 15) is 9.90 Å². The van der Waals surface area contributed by atoms with Gasteiger partial charge in [0, 0.05) is 23.8 Å². The van der Waals surface area contributed by atoms with E-state index in [1.165, 1.54) is 0 Å². The van der Waals surface area contributed by atoms with Crippen molar-refractivity contribution in [3.63, 3.8) is 0 Å². The van der Waals surface area contributed by atoms with Gasteiger partial charge in [0.1, 0.15) is 0 Å². The lowest BCUT2D eigenvalue weighted by atomic mass is 10.1. The van der Waals surface area contributed by atoms with Crippen LogP contribution in [0.4, 0.5) is 10.8 Å². The second kappa shape index (κ2) is 9.93. The molecule has 0 radical (unpaired) electrons. The molecule has 8 heteroatoms. The zero-order valence-electron chi connectivity index (χ0n) is 15.3. The Kier molecular flexibility index (Phi) is 7.07. The van der Waals surface area contributed by atoms with Gasteiger partial charge in [0.15, 0.2) is 11.0 Å². The third-order valence-corrected chi connectivity index (χ3v) is 4.73. The minimum absolute atomic E-state index is 0.100. The molecule has 28 heavy (non-hydrogen) atoms. The third-order valence-electron chi connectivity index (χ3n) is 4.15. The molecule has 0 fully saturated rings. The van der Waals surface area contributed by atoms with E-state index in [0.717, 1.165) is 41.3 Å². The van der Waals surface area contributed by atoms with E-state index in [0.29, 0.717) is 17.5 Å². The summed E-state index contributed by atoms with van der Waals surface area (Å²) < 4.78 is 4.00. The number of aromatic nitrogens is 2. The highest BCUT2D eigenvalue weighted by molar-refractivity contribution is 7.09. The van der Waals surface area contributed by atoms with Crippen LogP contribution in [-0.2, 0) is 17.6 Å². The molecule has 1 aromatic heterocycles. The minimum Gasteiger partial charge on any atom is -0.387 e. The summed E-state index contributed by atoms with van der Waals surface area (Å²) in [6.07, 6.45) is 0.419. The number of nitrogens with one attached hydrogen (secondary N) is 2. The smallest absolute Gasteiger partial charge is 0.232 e. The number of nitrogens with two attached hydrogens (primary N) is 1. The van der Waals surface area contributed by atoms with Gasteiger partial charge in [0.05, 0.1) is 12.5 Å². The second-order valence-electron chi connectivity index (χ2n) is 6.35. The van der Waals surface area contributed by atoms with Crippen molar-refractivity contribution in [2.75, 3.05) is 24.1 Å². The van der Waals surface area contributed by atoms with Crippen molar-refractivity contribution in [1.82, 2.24) is 14.7 Å². The van der Waals surface area contributed by atoms with Crippen molar-refractivity contribution in [3.8, 4) is 0 Å². The van der Waals surface area contributed by atoms with Crippen LogP contribution in [0.15, 0.2) is 54.6 Å². The number of hydrogen-bond acceptors (Lipinski definition) is 7. The van der Waals surface area contributed by atoms with Crippen LogP contribution in [0.3, 0.4) is 0 Å². The Balaban J connectivity index is 1.38. The number of aliphatic hydroxyl groups is 1. The standard InChI is InChI=1S/C20H23N5O2S/c21-20-24-18(25-28-20)12-19(27)23-16-8-6-14(7-9-16)10-11-22-13-17(26)15-4-2-1-3-5-15/h1-9,17,22,26H,10-13H2,(H,23,27)(H2,21,24,25). The molecule has 5 N–H and O–H groups in total. The predicted octanol–water partition coefficient (Wildman–Crippen LogP) is 2.17. The zero-order valence-corrected chi connectivity index (χ0v) is 16.2. The lowest BCUT2D eigenvalue weighted by molar-refractivity contribution is -0.115. The average molecular weight is 398 g/mol. The fraction of sp³-hybridized carbons (Fsp3) is 0.250. The van der Waals surface area contributed by atoms with Crippen LogP contribution < -0.4 is 16.4 Å². The Labute approximate surface area is 167 Å². The van der Waals surface area contributed by atoms with Crippen molar-refractivity contribution >= 4 is 28.3 Å². The average Bonchev–Trinajstić information content (AvgIpc) is 3.11. The number of nitrogens with zero attached hydrogens (tertiary/aromatic N) is 2. The van der Waals surface area contributed by atoms with Crippen molar-refractivity contribution in [1.29, 1.82) is 0 Å². The summed E-state index contributed by atoms with van der Waals surface area (Å²) in [5, 5.41) is 16.6. The Hall–Kier alpha value is -2.81. The first-order valence-electron chi connectivity index (χ1n) is 9.01. The normalized spacial score (nSPS) is 11.9. The molecule has 0 spiro atoms. The van der Waals surface area contributed by atoms with Gasteiger partial charge in [0.25, 0.3) is 0 Å². The Morgan fingerprint density at radius 1 is 1.14 bits per heavy atom. The number of hydrogen-bond donors (Lipinski definition) is 4. The van der Waals surface area contributed by atoms with E-state index in [1.807, 2.05) is 54.6 Å². The molecule has 1 atom stereocenters. The summed E-state index contributed by atoms with van der Waals surface area (Å²) in [5.74, 6) is 0.252. The van der Waals surface area contributed by atoms with Gasteiger partial charge >= 0.3 is 0 Å². The van der Waals surface area contributed by atoms with E-state index >= 15 is 0 Å². The van der Waals surface area contributed by atoms with Crippen LogP contribution in [0.5, 0.6) is 0 Å². The van der Waals surface area contributed by atoms with Crippen LogP contribution in [0, 0.1) is 0 Å². The molecule has 7 nitrogen and oxygen atoms in total. The Morgan fingerprint density at radius 2 is 1.89 bits per heavy atom. The van der Waals surface area contributed by atoms with E-state index < -0.39 is 6.10 Å². The van der Waals surface area contributed by atoms with Crippen molar-refractivity contribution in [3.05, 3.63) is 71.5 Å². The quantitative estimate of drug-likeness (QED) is 0.412. The van der Waals surface area contributed by atoms with E-state index in [1.54, 1.807) is 0 Å². The summed E-state index contributed by atoms with van der Waals surface area (Å²) in [6, 6.07) is 17.3. The van der Waals surface area contributed by atoms with E-state index in [2.05, 4.69) is 20.0 Å². The lowest BCUT2D eigenvalue weighted by Gasteiger charge is -2.12. The molecule has 1 unspecified atom stereocenters.